The predicted octanol–water partition coefficient (Wildman–Crippen LogP) is 1.53. The lowest BCUT2D eigenvalue weighted by Crippen LogP contribution is -2.49. The number of piperazine rings is 1. The van der Waals surface area contributed by atoms with Crippen LogP contribution in [0, 0.1) is 0 Å². The van der Waals surface area contributed by atoms with E-state index >= 15 is 0 Å². The van der Waals surface area contributed by atoms with Crippen molar-refractivity contribution in [1.82, 2.24) is 25.3 Å². The molecule has 7 heteroatoms. The Labute approximate surface area is 172 Å². The smallest absolute Gasteiger partial charge is 0.191 e. The SMILES string of the molecule is CCN1CCN(CCNC(=NC)NCCN(C(C)C)C(C)C)CC1.I. The first-order valence-corrected chi connectivity index (χ1v) is 9.62. The van der Waals surface area contributed by atoms with E-state index in [0.29, 0.717) is 12.1 Å². The Morgan fingerprint density at radius 3 is 1.96 bits per heavy atom. The van der Waals surface area contributed by atoms with Crippen molar-refractivity contribution in [3.05, 3.63) is 0 Å². The number of hydrogen-bond acceptors (Lipinski definition) is 4. The van der Waals surface area contributed by atoms with E-state index in [-0.39, 0.29) is 24.0 Å². The maximum absolute atomic E-state index is 4.33. The summed E-state index contributed by atoms with van der Waals surface area (Å²) >= 11 is 0. The van der Waals surface area contributed by atoms with E-state index in [2.05, 4.69) is 64.9 Å². The largest absolute Gasteiger partial charge is 0.355 e. The average molecular weight is 468 g/mol. The first kappa shape index (κ1) is 24.9. The molecule has 1 saturated heterocycles. The highest BCUT2D eigenvalue weighted by molar-refractivity contribution is 14.0. The summed E-state index contributed by atoms with van der Waals surface area (Å²) in [6.45, 7) is 21.2. The third-order valence-corrected chi connectivity index (χ3v) is 4.85. The van der Waals surface area contributed by atoms with Gasteiger partial charge in [0.15, 0.2) is 5.96 Å². The van der Waals surface area contributed by atoms with Gasteiger partial charge in [0.2, 0.25) is 0 Å². The molecule has 0 unspecified atom stereocenters. The predicted molar refractivity (Wildman–Crippen MR) is 120 cm³/mol. The van der Waals surface area contributed by atoms with Crippen LogP contribution in [0.25, 0.3) is 0 Å². The fourth-order valence-electron chi connectivity index (χ4n) is 3.30. The molecular formula is C18H41IN6. The van der Waals surface area contributed by atoms with Gasteiger partial charge in [0.1, 0.15) is 0 Å². The van der Waals surface area contributed by atoms with Crippen LogP contribution in [0.4, 0.5) is 0 Å². The molecule has 1 aliphatic heterocycles. The number of nitrogens with zero attached hydrogens (tertiary/aromatic N) is 4. The third kappa shape index (κ3) is 9.96. The van der Waals surface area contributed by atoms with Gasteiger partial charge >= 0.3 is 0 Å². The van der Waals surface area contributed by atoms with Crippen LogP contribution >= 0.6 is 24.0 Å². The van der Waals surface area contributed by atoms with Gasteiger partial charge in [-0.25, -0.2) is 0 Å². The van der Waals surface area contributed by atoms with E-state index in [1.165, 1.54) is 32.7 Å². The lowest BCUT2D eigenvalue weighted by Gasteiger charge is -2.34. The number of guanidine groups is 1. The van der Waals surface area contributed by atoms with Crippen LogP contribution in [0.3, 0.4) is 0 Å². The fourth-order valence-corrected chi connectivity index (χ4v) is 3.30. The molecule has 0 bridgehead atoms. The molecule has 0 spiro atoms. The zero-order valence-corrected chi connectivity index (χ0v) is 19.5. The van der Waals surface area contributed by atoms with E-state index in [9.17, 15) is 0 Å². The average Bonchev–Trinajstić information content (AvgIpc) is 2.56. The van der Waals surface area contributed by atoms with Crippen molar-refractivity contribution in [3.63, 3.8) is 0 Å². The molecule has 0 amide bonds. The van der Waals surface area contributed by atoms with Crippen LogP contribution in [-0.4, -0.2) is 98.7 Å². The van der Waals surface area contributed by atoms with Crippen LogP contribution in [-0.2, 0) is 0 Å². The van der Waals surface area contributed by atoms with Crippen LogP contribution in [0.15, 0.2) is 4.99 Å². The van der Waals surface area contributed by atoms with Crippen LogP contribution in [0.2, 0.25) is 0 Å². The van der Waals surface area contributed by atoms with Gasteiger partial charge in [-0.15, -0.1) is 24.0 Å². The van der Waals surface area contributed by atoms with Crippen LogP contribution in [0.1, 0.15) is 34.6 Å². The van der Waals surface area contributed by atoms with Crippen molar-refractivity contribution in [3.8, 4) is 0 Å². The van der Waals surface area contributed by atoms with Crippen molar-refractivity contribution in [2.24, 2.45) is 4.99 Å². The van der Waals surface area contributed by atoms with E-state index in [4.69, 9.17) is 0 Å². The van der Waals surface area contributed by atoms with Crippen LogP contribution in [0.5, 0.6) is 0 Å². The molecule has 0 radical (unpaired) electrons. The maximum atomic E-state index is 4.33. The van der Waals surface area contributed by atoms with E-state index in [0.717, 1.165) is 32.1 Å². The molecule has 2 N–H and O–H groups in total. The molecule has 1 rings (SSSR count). The Morgan fingerprint density at radius 1 is 0.960 bits per heavy atom. The van der Waals surface area contributed by atoms with Crippen molar-refractivity contribution in [2.75, 3.05) is 66.0 Å². The minimum absolute atomic E-state index is 0. The monoisotopic (exact) mass is 468 g/mol. The van der Waals surface area contributed by atoms with Crippen molar-refractivity contribution in [2.45, 2.75) is 46.7 Å². The first-order chi connectivity index (χ1) is 11.5. The molecule has 25 heavy (non-hydrogen) atoms. The number of nitrogens with one attached hydrogen (secondary N) is 2. The minimum atomic E-state index is 0. The third-order valence-electron chi connectivity index (χ3n) is 4.85. The fraction of sp³-hybridized carbons (Fsp3) is 0.944. The zero-order chi connectivity index (χ0) is 17.9. The Balaban J connectivity index is 0.00000576. The van der Waals surface area contributed by atoms with Gasteiger partial charge in [-0.2, -0.15) is 0 Å². The molecule has 1 aliphatic rings. The summed E-state index contributed by atoms with van der Waals surface area (Å²) in [6.07, 6.45) is 0. The quantitative estimate of drug-likeness (QED) is 0.305. The van der Waals surface area contributed by atoms with Gasteiger partial charge in [-0.05, 0) is 34.2 Å². The van der Waals surface area contributed by atoms with Gasteiger partial charge in [-0.3, -0.25) is 14.8 Å². The second-order valence-electron chi connectivity index (χ2n) is 7.13. The zero-order valence-electron chi connectivity index (χ0n) is 17.2. The van der Waals surface area contributed by atoms with Gasteiger partial charge in [0, 0.05) is 71.5 Å². The number of aliphatic imine (C=N–C) groups is 1. The first-order valence-electron chi connectivity index (χ1n) is 9.62. The molecule has 6 nitrogen and oxygen atoms in total. The lowest BCUT2D eigenvalue weighted by atomic mass is 10.2. The van der Waals surface area contributed by atoms with E-state index in [1.54, 1.807) is 0 Å². The van der Waals surface area contributed by atoms with Crippen LogP contribution < -0.4 is 10.6 Å². The second kappa shape index (κ2) is 14.0. The number of hydrogen-bond donors (Lipinski definition) is 2. The van der Waals surface area contributed by atoms with E-state index in [1.807, 2.05) is 7.05 Å². The summed E-state index contributed by atoms with van der Waals surface area (Å²) in [7, 11) is 1.85. The molecule has 1 heterocycles. The molecule has 0 saturated carbocycles. The van der Waals surface area contributed by atoms with E-state index < -0.39 is 0 Å². The van der Waals surface area contributed by atoms with Gasteiger partial charge < -0.3 is 15.5 Å². The molecule has 0 aliphatic carbocycles. The highest BCUT2D eigenvalue weighted by Crippen LogP contribution is 2.03. The molecule has 0 aromatic carbocycles. The normalized spacial score (nSPS) is 17.2. The maximum Gasteiger partial charge on any atom is 0.191 e. The lowest BCUT2D eigenvalue weighted by molar-refractivity contribution is 0.139. The number of rotatable bonds is 9. The Morgan fingerprint density at radius 2 is 1.48 bits per heavy atom. The Bertz CT molecular complexity index is 345. The summed E-state index contributed by atoms with van der Waals surface area (Å²) in [6, 6.07) is 1.15. The summed E-state index contributed by atoms with van der Waals surface area (Å²) in [4.78, 5) is 11.9. The summed E-state index contributed by atoms with van der Waals surface area (Å²) in [5, 5.41) is 6.87. The highest BCUT2D eigenvalue weighted by Gasteiger charge is 2.15. The molecule has 0 aromatic rings. The van der Waals surface area contributed by atoms with Crippen molar-refractivity contribution in [1.29, 1.82) is 0 Å². The second-order valence-corrected chi connectivity index (χ2v) is 7.13. The summed E-state index contributed by atoms with van der Waals surface area (Å²) in [5.41, 5.74) is 0. The highest BCUT2D eigenvalue weighted by atomic mass is 127. The van der Waals surface area contributed by atoms with Gasteiger partial charge in [0.25, 0.3) is 0 Å². The Kier molecular flexibility index (Phi) is 13.9. The molecule has 0 atom stereocenters. The molecule has 150 valence electrons. The molecule has 0 aromatic heterocycles. The number of halogens is 1. The van der Waals surface area contributed by atoms with Gasteiger partial charge in [0.05, 0.1) is 0 Å². The molecular weight excluding hydrogens is 427 g/mol. The van der Waals surface area contributed by atoms with Crippen molar-refractivity contribution >= 4 is 29.9 Å². The molecule has 1 fully saturated rings. The van der Waals surface area contributed by atoms with Crippen molar-refractivity contribution < 1.29 is 0 Å². The Hall–Kier alpha value is -0.120. The minimum Gasteiger partial charge on any atom is -0.355 e. The van der Waals surface area contributed by atoms with Gasteiger partial charge in [-0.1, -0.05) is 6.92 Å². The number of likely N-dealkylation sites (N-methyl/N-ethyl adjacent to an activating group) is 1. The standard InChI is InChI=1S/C18H40N6.HI/c1-7-22-12-14-23(15-13-22)10-8-20-18(19-6)21-9-11-24(16(2)3)17(4)5;/h16-17H,7-15H2,1-6H3,(H2,19,20,21);1H. The summed E-state index contributed by atoms with van der Waals surface area (Å²) in [5.74, 6) is 0.912. The summed E-state index contributed by atoms with van der Waals surface area (Å²) < 4.78 is 0. The topological polar surface area (TPSA) is 46.1 Å².